The molecule has 1 saturated heterocycles. The van der Waals surface area contributed by atoms with Gasteiger partial charge in [-0.25, -0.2) is 4.79 Å². The Morgan fingerprint density at radius 1 is 1.05 bits per heavy atom. The summed E-state index contributed by atoms with van der Waals surface area (Å²) in [7, 11) is 0. The molecule has 0 bridgehead atoms. The predicted molar refractivity (Wildman–Crippen MR) is 140 cm³/mol. The molecule has 5 rings (SSSR count). The van der Waals surface area contributed by atoms with Crippen LogP contribution in [0.25, 0.3) is 0 Å². The monoisotopic (exact) mass is 557 g/mol. The molecule has 0 radical (unpaired) electrons. The predicted octanol–water partition coefficient (Wildman–Crippen LogP) is 2.40. The van der Waals surface area contributed by atoms with Gasteiger partial charge in [-0.3, -0.25) is 24.0 Å². The highest BCUT2D eigenvalue weighted by Crippen LogP contribution is 2.66. The maximum Gasteiger partial charge on any atom is 0.326 e. The molecule has 0 aromatic carbocycles. The molecular formula is C30H39NO9. The minimum Gasteiger partial charge on any atom is -0.480 e. The topological polar surface area (TPSA) is 155 Å². The highest BCUT2D eigenvalue weighted by atomic mass is 16.5. The van der Waals surface area contributed by atoms with E-state index in [9.17, 15) is 39.0 Å². The number of carboxylic acid groups (broad SMARTS) is 1. The lowest BCUT2D eigenvalue weighted by Crippen LogP contribution is -2.61. The summed E-state index contributed by atoms with van der Waals surface area (Å²) in [6.45, 7) is 3.57. The Bertz CT molecular complexity index is 1190. The Labute approximate surface area is 233 Å². The maximum atomic E-state index is 13.7. The van der Waals surface area contributed by atoms with Crippen LogP contribution in [0.4, 0.5) is 0 Å². The van der Waals surface area contributed by atoms with Crippen LogP contribution in [0.15, 0.2) is 11.6 Å². The van der Waals surface area contributed by atoms with Crippen molar-refractivity contribution in [2.75, 3.05) is 13.2 Å². The summed E-state index contributed by atoms with van der Waals surface area (Å²) in [6, 6.07) is -0.886. The zero-order valence-corrected chi connectivity index (χ0v) is 23.3. The van der Waals surface area contributed by atoms with Crippen LogP contribution < -0.4 is 0 Å². The van der Waals surface area contributed by atoms with Crippen molar-refractivity contribution in [2.45, 2.75) is 96.1 Å². The van der Waals surface area contributed by atoms with Crippen LogP contribution in [0, 0.1) is 28.6 Å². The Morgan fingerprint density at radius 2 is 1.80 bits per heavy atom. The van der Waals surface area contributed by atoms with Gasteiger partial charge in [0.05, 0.1) is 6.42 Å². The number of esters is 1. The Morgan fingerprint density at radius 3 is 2.52 bits per heavy atom. The number of carbonyl (C=O) groups is 6. The summed E-state index contributed by atoms with van der Waals surface area (Å²) in [5.41, 5.74) is -2.10. The SMILES string of the molecule is C[C@]12CCC(=O)C=C1CC[C@H]1[C@H]2C(=O)C[C@@]2(C)[C@@H]1CC[C@]2(O)C(=O)COC(=O)CCC(=O)N1CCC[C@@H]1C(=O)O. The number of aliphatic hydroxyl groups is 1. The summed E-state index contributed by atoms with van der Waals surface area (Å²) in [5, 5.41) is 21.0. The van der Waals surface area contributed by atoms with E-state index in [4.69, 9.17) is 4.74 Å². The van der Waals surface area contributed by atoms with Crippen LogP contribution in [-0.2, 0) is 33.5 Å². The molecule has 1 aliphatic heterocycles. The molecule has 218 valence electrons. The normalized spacial score (nSPS) is 38.7. The fourth-order valence-electron chi connectivity index (χ4n) is 8.86. The molecule has 3 saturated carbocycles. The van der Waals surface area contributed by atoms with Crippen molar-refractivity contribution in [3.63, 3.8) is 0 Å². The van der Waals surface area contributed by atoms with E-state index in [0.717, 1.165) is 18.4 Å². The quantitative estimate of drug-likeness (QED) is 0.449. The van der Waals surface area contributed by atoms with Gasteiger partial charge in [0.2, 0.25) is 11.7 Å². The number of Topliss-reactive ketones (excluding diaryl/α,β-unsaturated/α-hetero) is 2. The highest BCUT2D eigenvalue weighted by molar-refractivity contribution is 5.95. The van der Waals surface area contributed by atoms with E-state index in [1.807, 2.05) is 6.92 Å². The van der Waals surface area contributed by atoms with Crippen LogP contribution in [-0.4, -0.2) is 75.1 Å². The van der Waals surface area contributed by atoms with Gasteiger partial charge in [0.25, 0.3) is 0 Å². The molecule has 4 aliphatic carbocycles. The van der Waals surface area contributed by atoms with Crippen molar-refractivity contribution < 1.29 is 43.7 Å². The first-order valence-corrected chi connectivity index (χ1v) is 14.5. The van der Waals surface area contributed by atoms with Gasteiger partial charge in [-0.05, 0) is 68.3 Å². The van der Waals surface area contributed by atoms with Gasteiger partial charge in [-0.1, -0.05) is 19.4 Å². The number of rotatable bonds is 7. The highest BCUT2D eigenvalue weighted by Gasteiger charge is 2.68. The van der Waals surface area contributed by atoms with Crippen LogP contribution in [0.3, 0.4) is 0 Å². The van der Waals surface area contributed by atoms with E-state index in [-0.39, 0.29) is 60.4 Å². The molecule has 40 heavy (non-hydrogen) atoms. The lowest BCUT2D eigenvalue weighted by molar-refractivity contribution is -0.174. The first kappa shape index (κ1) is 28.6. The van der Waals surface area contributed by atoms with Crippen molar-refractivity contribution >= 4 is 35.2 Å². The van der Waals surface area contributed by atoms with Crippen LogP contribution in [0.1, 0.15) is 84.5 Å². The summed E-state index contributed by atoms with van der Waals surface area (Å²) >= 11 is 0. The molecule has 0 spiro atoms. The number of likely N-dealkylation sites (tertiary alicyclic amines) is 1. The largest absolute Gasteiger partial charge is 0.480 e. The van der Waals surface area contributed by atoms with Crippen molar-refractivity contribution in [3.8, 4) is 0 Å². The molecule has 10 nitrogen and oxygen atoms in total. The van der Waals surface area contributed by atoms with Crippen molar-refractivity contribution in [3.05, 3.63) is 11.6 Å². The second kappa shape index (κ2) is 10.2. The molecule has 0 unspecified atom stereocenters. The Hall–Kier alpha value is -2.88. The molecule has 4 fully saturated rings. The summed E-state index contributed by atoms with van der Waals surface area (Å²) in [5.74, 6) is -3.07. The molecule has 2 N–H and O–H groups in total. The van der Waals surface area contributed by atoms with E-state index in [1.165, 1.54) is 4.90 Å². The smallest absolute Gasteiger partial charge is 0.326 e. The number of fused-ring (bicyclic) bond motifs is 5. The minimum absolute atomic E-state index is 0.0113. The number of allylic oxidation sites excluding steroid dienone is 1. The number of ether oxygens (including phenoxy) is 1. The zero-order chi connectivity index (χ0) is 29.0. The third-order valence-electron chi connectivity index (χ3n) is 11.0. The molecule has 7 atom stereocenters. The first-order valence-electron chi connectivity index (χ1n) is 14.5. The number of ketones is 3. The second-order valence-electron chi connectivity index (χ2n) is 13.0. The van der Waals surface area contributed by atoms with E-state index >= 15 is 0 Å². The fraction of sp³-hybridized carbons (Fsp3) is 0.733. The second-order valence-corrected chi connectivity index (χ2v) is 13.0. The third-order valence-corrected chi connectivity index (χ3v) is 11.0. The number of amides is 1. The van der Waals surface area contributed by atoms with Crippen molar-refractivity contribution in [2.24, 2.45) is 28.6 Å². The van der Waals surface area contributed by atoms with E-state index in [1.54, 1.807) is 6.08 Å². The molecule has 1 amide bonds. The number of hydrogen-bond acceptors (Lipinski definition) is 8. The molecular weight excluding hydrogens is 518 g/mol. The minimum atomic E-state index is -1.81. The number of aliphatic carboxylic acids is 1. The summed E-state index contributed by atoms with van der Waals surface area (Å²) in [6.07, 6.45) is 5.53. The Kier molecular flexibility index (Phi) is 7.30. The molecule has 1 heterocycles. The van der Waals surface area contributed by atoms with Crippen LogP contribution in [0.2, 0.25) is 0 Å². The number of carboxylic acids is 1. The maximum absolute atomic E-state index is 13.7. The fourth-order valence-corrected chi connectivity index (χ4v) is 8.86. The van der Waals surface area contributed by atoms with Gasteiger partial charge < -0.3 is 19.8 Å². The van der Waals surface area contributed by atoms with E-state index < -0.39 is 47.3 Å². The van der Waals surface area contributed by atoms with Gasteiger partial charge in [0.1, 0.15) is 17.4 Å². The number of hydrogen-bond donors (Lipinski definition) is 2. The van der Waals surface area contributed by atoms with Crippen LogP contribution >= 0.6 is 0 Å². The number of nitrogens with zero attached hydrogens (tertiary/aromatic N) is 1. The molecule has 0 aromatic rings. The van der Waals surface area contributed by atoms with Gasteiger partial charge in [-0.15, -0.1) is 0 Å². The van der Waals surface area contributed by atoms with Gasteiger partial charge >= 0.3 is 11.9 Å². The van der Waals surface area contributed by atoms with Crippen LogP contribution in [0.5, 0.6) is 0 Å². The molecule has 10 heteroatoms. The van der Waals surface area contributed by atoms with Gasteiger partial charge in [-0.2, -0.15) is 0 Å². The summed E-state index contributed by atoms with van der Waals surface area (Å²) < 4.78 is 5.16. The standard InChI is InChI=1S/C30H39NO9/c1-28-11-9-18(32)14-17(28)5-6-19-20-10-12-30(39,29(20,2)15-22(33)26(19)28)23(34)16-40-25(36)8-7-24(35)31-13-3-4-21(31)27(37)38/h14,19-21,26,39H,3-13,15-16H2,1-2H3,(H,37,38)/t19-,20-,21-,26+,28+,29+,30+/m1/s1. The zero-order valence-electron chi connectivity index (χ0n) is 23.3. The lowest BCUT2D eigenvalue weighted by atomic mass is 9.46. The van der Waals surface area contributed by atoms with Gasteiger partial charge in [0, 0.05) is 37.1 Å². The average molecular weight is 558 g/mol. The van der Waals surface area contributed by atoms with Crippen molar-refractivity contribution in [1.82, 2.24) is 4.90 Å². The van der Waals surface area contributed by atoms with E-state index in [2.05, 4.69) is 6.92 Å². The van der Waals surface area contributed by atoms with Crippen molar-refractivity contribution in [1.29, 1.82) is 0 Å². The lowest BCUT2D eigenvalue weighted by Gasteiger charge is -2.57. The average Bonchev–Trinajstić information content (AvgIpc) is 3.50. The Balaban J connectivity index is 1.22. The molecule has 0 aromatic heterocycles. The third kappa shape index (κ3) is 4.43. The number of carbonyl (C=O) groups excluding carboxylic acids is 5. The summed E-state index contributed by atoms with van der Waals surface area (Å²) in [4.78, 5) is 76.5. The van der Waals surface area contributed by atoms with E-state index in [0.29, 0.717) is 38.6 Å². The first-order chi connectivity index (χ1) is 18.8. The molecule has 5 aliphatic rings. The van der Waals surface area contributed by atoms with Gasteiger partial charge in [0.15, 0.2) is 12.4 Å².